The van der Waals surface area contributed by atoms with Gasteiger partial charge in [0.1, 0.15) is 6.26 Å². The van der Waals surface area contributed by atoms with E-state index in [-0.39, 0.29) is 11.8 Å². The fourth-order valence-corrected chi connectivity index (χ4v) is 4.25. The molecule has 0 saturated heterocycles. The molecule has 2 aromatic heterocycles. The van der Waals surface area contributed by atoms with E-state index in [1.54, 1.807) is 43.4 Å². The summed E-state index contributed by atoms with van der Waals surface area (Å²) in [6.07, 6.45) is 6.77. The molecule has 1 N–H and O–H groups in total. The highest BCUT2D eigenvalue weighted by molar-refractivity contribution is 7.15. The van der Waals surface area contributed by atoms with Crippen LogP contribution in [0.5, 0.6) is 11.5 Å². The van der Waals surface area contributed by atoms with Crippen molar-refractivity contribution in [2.45, 2.75) is 13.0 Å². The number of carbonyl (C=O) groups excluding carboxylic acids is 2. The lowest BCUT2D eigenvalue weighted by molar-refractivity contribution is -0.126. The molecule has 0 saturated carbocycles. The molecule has 3 aromatic rings. The summed E-state index contributed by atoms with van der Waals surface area (Å²) in [7, 11) is 3.15. The highest BCUT2D eigenvalue weighted by Gasteiger charge is 2.23. The summed E-state index contributed by atoms with van der Waals surface area (Å²) >= 11 is 1.38. The maximum atomic E-state index is 12.7. The van der Waals surface area contributed by atoms with E-state index in [0.717, 1.165) is 16.1 Å². The molecule has 0 aliphatic carbocycles. The number of rotatable bonds is 6. The van der Waals surface area contributed by atoms with E-state index in [0.29, 0.717) is 41.7 Å². The molecule has 0 bridgehead atoms. The molecule has 31 heavy (non-hydrogen) atoms. The molecular weight excluding hydrogens is 418 g/mol. The first kappa shape index (κ1) is 20.7. The number of anilines is 1. The Labute approximate surface area is 183 Å². The van der Waals surface area contributed by atoms with Crippen molar-refractivity contribution in [2.75, 3.05) is 26.1 Å². The number of amides is 2. The summed E-state index contributed by atoms with van der Waals surface area (Å²) in [5, 5.41) is 3.30. The average molecular weight is 439 g/mol. The molecule has 160 valence electrons. The monoisotopic (exact) mass is 439 g/mol. The van der Waals surface area contributed by atoms with Gasteiger partial charge in [-0.05, 0) is 29.8 Å². The van der Waals surface area contributed by atoms with Crippen LogP contribution < -0.4 is 14.8 Å². The van der Waals surface area contributed by atoms with Crippen molar-refractivity contribution in [3.8, 4) is 11.5 Å². The first-order valence-corrected chi connectivity index (χ1v) is 10.4. The lowest BCUT2D eigenvalue weighted by atomic mass is 10.1. The van der Waals surface area contributed by atoms with Gasteiger partial charge in [-0.3, -0.25) is 14.9 Å². The summed E-state index contributed by atoms with van der Waals surface area (Å²) in [6.45, 7) is 1.03. The number of nitrogens with zero attached hydrogens (tertiary/aromatic N) is 2. The topological polar surface area (TPSA) is 93.9 Å². The maximum absolute atomic E-state index is 12.7. The van der Waals surface area contributed by atoms with Crippen LogP contribution in [0.1, 0.15) is 26.5 Å². The van der Waals surface area contributed by atoms with Crippen molar-refractivity contribution in [1.29, 1.82) is 0 Å². The molecule has 0 atom stereocenters. The molecule has 1 aromatic carbocycles. The molecule has 3 heterocycles. The summed E-state index contributed by atoms with van der Waals surface area (Å²) < 4.78 is 15.5. The fourth-order valence-electron chi connectivity index (χ4n) is 3.23. The Balaban J connectivity index is 1.40. The number of fused-ring (bicyclic) bond motifs is 1. The minimum atomic E-state index is -0.273. The third kappa shape index (κ3) is 4.61. The summed E-state index contributed by atoms with van der Waals surface area (Å²) in [5.41, 5.74) is 2.19. The summed E-state index contributed by atoms with van der Waals surface area (Å²) in [6, 6.07) is 7.06. The number of ether oxygens (including phenoxy) is 2. The minimum absolute atomic E-state index is 0.0854. The lowest BCUT2D eigenvalue weighted by Crippen LogP contribution is -2.34. The molecule has 9 heteroatoms. The SMILES string of the molecule is COc1ccc(/C=C/C(=O)N2CCc3nc(NC(=O)c4ccoc4)sc3C2)cc1OC. The molecule has 2 amide bonds. The van der Waals surface area contributed by atoms with Crippen molar-refractivity contribution < 1.29 is 23.5 Å². The Hall–Kier alpha value is -3.59. The normalized spacial score (nSPS) is 13.2. The smallest absolute Gasteiger partial charge is 0.260 e. The highest BCUT2D eigenvalue weighted by Crippen LogP contribution is 2.30. The predicted octanol–water partition coefficient (Wildman–Crippen LogP) is 3.60. The zero-order chi connectivity index (χ0) is 21.8. The first-order valence-electron chi connectivity index (χ1n) is 9.58. The minimum Gasteiger partial charge on any atom is -0.493 e. The van der Waals surface area contributed by atoms with Crippen molar-refractivity contribution in [1.82, 2.24) is 9.88 Å². The second-order valence-corrected chi connectivity index (χ2v) is 7.90. The van der Waals surface area contributed by atoms with Crippen LogP contribution in [0.4, 0.5) is 5.13 Å². The van der Waals surface area contributed by atoms with Crippen molar-refractivity contribution >= 4 is 34.4 Å². The molecule has 1 aliphatic rings. The quantitative estimate of drug-likeness (QED) is 0.590. The maximum Gasteiger partial charge on any atom is 0.260 e. The molecule has 0 unspecified atom stereocenters. The van der Waals surface area contributed by atoms with Crippen LogP contribution in [0.25, 0.3) is 6.08 Å². The molecular formula is C22H21N3O5S. The van der Waals surface area contributed by atoms with Crippen LogP contribution in [0.2, 0.25) is 0 Å². The van der Waals surface area contributed by atoms with Gasteiger partial charge in [-0.25, -0.2) is 4.98 Å². The molecule has 0 fully saturated rings. The summed E-state index contributed by atoms with van der Waals surface area (Å²) in [5.74, 6) is 0.883. The van der Waals surface area contributed by atoms with Crippen LogP contribution in [0.15, 0.2) is 47.3 Å². The standard InChI is InChI=1S/C22H21N3O5S/c1-28-17-5-3-14(11-18(17)29-2)4-6-20(26)25-9-7-16-19(12-25)31-22(23-16)24-21(27)15-8-10-30-13-15/h3-6,8,10-11,13H,7,9,12H2,1-2H3,(H,23,24,27)/b6-4+. The Morgan fingerprint density at radius 1 is 1.23 bits per heavy atom. The van der Waals surface area contributed by atoms with Gasteiger partial charge in [-0.15, -0.1) is 0 Å². The van der Waals surface area contributed by atoms with E-state index in [9.17, 15) is 9.59 Å². The fraction of sp³-hybridized carbons (Fsp3) is 0.227. The Morgan fingerprint density at radius 3 is 2.81 bits per heavy atom. The number of methoxy groups -OCH3 is 2. The van der Waals surface area contributed by atoms with E-state index in [2.05, 4.69) is 10.3 Å². The Kier molecular flexibility index (Phi) is 6.03. The highest BCUT2D eigenvalue weighted by atomic mass is 32.1. The van der Waals surface area contributed by atoms with Gasteiger partial charge in [-0.1, -0.05) is 17.4 Å². The third-order valence-corrected chi connectivity index (χ3v) is 5.87. The van der Waals surface area contributed by atoms with Crippen LogP contribution in [-0.2, 0) is 17.8 Å². The van der Waals surface area contributed by atoms with Crippen molar-refractivity contribution in [2.24, 2.45) is 0 Å². The molecule has 0 radical (unpaired) electrons. The van der Waals surface area contributed by atoms with Gasteiger partial charge < -0.3 is 18.8 Å². The number of thiazole rings is 1. The molecule has 0 spiro atoms. The zero-order valence-corrected chi connectivity index (χ0v) is 17.9. The largest absolute Gasteiger partial charge is 0.493 e. The molecule has 4 rings (SSSR count). The van der Waals surface area contributed by atoms with Gasteiger partial charge in [0.25, 0.3) is 5.91 Å². The number of carbonyl (C=O) groups is 2. The predicted molar refractivity (Wildman–Crippen MR) is 116 cm³/mol. The van der Waals surface area contributed by atoms with Crippen LogP contribution in [0.3, 0.4) is 0 Å². The van der Waals surface area contributed by atoms with E-state index in [1.165, 1.54) is 23.9 Å². The van der Waals surface area contributed by atoms with Crippen LogP contribution in [0, 0.1) is 0 Å². The van der Waals surface area contributed by atoms with E-state index in [4.69, 9.17) is 13.9 Å². The van der Waals surface area contributed by atoms with Gasteiger partial charge >= 0.3 is 0 Å². The summed E-state index contributed by atoms with van der Waals surface area (Å²) in [4.78, 5) is 32.1. The second-order valence-electron chi connectivity index (χ2n) is 6.81. The van der Waals surface area contributed by atoms with Gasteiger partial charge in [-0.2, -0.15) is 0 Å². The van der Waals surface area contributed by atoms with E-state index < -0.39 is 0 Å². The van der Waals surface area contributed by atoms with Crippen molar-refractivity contribution in [3.05, 3.63) is 64.6 Å². The van der Waals surface area contributed by atoms with Crippen LogP contribution >= 0.6 is 11.3 Å². The third-order valence-electron chi connectivity index (χ3n) is 4.87. The number of nitrogens with one attached hydrogen (secondary N) is 1. The Bertz CT molecular complexity index is 1120. The number of hydrogen-bond donors (Lipinski definition) is 1. The second kappa shape index (κ2) is 9.05. The zero-order valence-electron chi connectivity index (χ0n) is 17.1. The molecule has 1 aliphatic heterocycles. The van der Waals surface area contributed by atoms with Crippen LogP contribution in [-0.4, -0.2) is 42.5 Å². The number of hydrogen-bond acceptors (Lipinski definition) is 7. The number of aromatic nitrogens is 1. The van der Waals surface area contributed by atoms with E-state index in [1.807, 2.05) is 12.1 Å². The average Bonchev–Trinajstić information content (AvgIpc) is 3.46. The van der Waals surface area contributed by atoms with Gasteiger partial charge in [0, 0.05) is 23.9 Å². The Morgan fingerprint density at radius 2 is 2.06 bits per heavy atom. The van der Waals surface area contributed by atoms with Crippen molar-refractivity contribution in [3.63, 3.8) is 0 Å². The first-order chi connectivity index (χ1) is 15.1. The molecule has 8 nitrogen and oxygen atoms in total. The van der Waals surface area contributed by atoms with Gasteiger partial charge in [0.15, 0.2) is 16.6 Å². The number of furan rings is 1. The lowest BCUT2D eigenvalue weighted by Gasteiger charge is -2.24. The van der Waals surface area contributed by atoms with Gasteiger partial charge in [0.2, 0.25) is 5.91 Å². The number of benzene rings is 1. The van der Waals surface area contributed by atoms with Gasteiger partial charge in [0.05, 0.1) is 38.3 Å². The van der Waals surface area contributed by atoms with E-state index >= 15 is 0 Å².